The molecular formula is C8H8N2O4S. The Morgan fingerprint density at radius 2 is 1.80 bits per heavy atom. The maximum Gasteiger partial charge on any atom is 0.269 e. The summed E-state index contributed by atoms with van der Waals surface area (Å²) in [6.07, 6.45) is 1.26. The molecule has 0 radical (unpaired) electrons. The van der Waals surface area contributed by atoms with E-state index >= 15 is 0 Å². The van der Waals surface area contributed by atoms with Crippen LogP contribution in [0.1, 0.15) is 5.56 Å². The minimum absolute atomic E-state index is 0.0530. The van der Waals surface area contributed by atoms with E-state index in [4.69, 9.17) is 5.14 Å². The molecule has 0 bridgehead atoms. The third-order valence-corrected chi connectivity index (χ3v) is 2.07. The van der Waals surface area contributed by atoms with Crippen LogP contribution in [0.4, 0.5) is 5.69 Å². The van der Waals surface area contributed by atoms with Crippen molar-refractivity contribution in [3.63, 3.8) is 0 Å². The number of nitro groups is 1. The van der Waals surface area contributed by atoms with Gasteiger partial charge in [-0.25, -0.2) is 13.6 Å². The molecule has 0 saturated heterocycles. The Hall–Kier alpha value is -1.73. The van der Waals surface area contributed by atoms with Crippen LogP contribution in [0.2, 0.25) is 0 Å². The van der Waals surface area contributed by atoms with Gasteiger partial charge in [-0.05, 0) is 23.8 Å². The molecule has 0 heterocycles. The highest BCUT2D eigenvalue weighted by atomic mass is 32.2. The standard InChI is InChI=1S/C8H8N2O4S/c9-15(13,14)6-5-7-1-3-8(4-2-7)10(11)12/h1-6H,(H2,9,13,14). The molecule has 0 spiro atoms. The Kier molecular flexibility index (Phi) is 3.17. The van der Waals surface area contributed by atoms with Gasteiger partial charge in [0.1, 0.15) is 0 Å². The SMILES string of the molecule is NS(=O)(=O)C=Cc1ccc([N+](=O)[O-])cc1. The zero-order valence-corrected chi connectivity index (χ0v) is 8.35. The van der Waals surface area contributed by atoms with Crippen LogP contribution in [-0.2, 0) is 10.0 Å². The summed E-state index contributed by atoms with van der Waals surface area (Å²) in [5, 5.41) is 15.9. The number of rotatable bonds is 3. The van der Waals surface area contributed by atoms with Gasteiger partial charge in [-0.3, -0.25) is 10.1 Å². The molecule has 0 unspecified atom stereocenters. The lowest BCUT2D eigenvalue weighted by Crippen LogP contribution is -2.06. The summed E-state index contributed by atoms with van der Waals surface area (Å²) in [5.41, 5.74) is 0.470. The fraction of sp³-hybridized carbons (Fsp3) is 0. The predicted octanol–water partition coefficient (Wildman–Crippen LogP) is 0.854. The average molecular weight is 228 g/mol. The largest absolute Gasteiger partial charge is 0.269 e. The molecule has 1 aromatic rings. The molecule has 6 nitrogen and oxygen atoms in total. The van der Waals surface area contributed by atoms with E-state index in [0.29, 0.717) is 5.56 Å². The maximum absolute atomic E-state index is 10.6. The molecule has 0 aliphatic heterocycles. The molecule has 7 heteroatoms. The van der Waals surface area contributed by atoms with Gasteiger partial charge < -0.3 is 0 Å². The van der Waals surface area contributed by atoms with Crippen molar-refractivity contribution in [2.24, 2.45) is 5.14 Å². The Morgan fingerprint density at radius 1 is 1.27 bits per heavy atom. The average Bonchev–Trinajstić information content (AvgIpc) is 2.14. The van der Waals surface area contributed by atoms with Crippen molar-refractivity contribution in [2.45, 2.75) is 0 Å². The Bertz CT molecular complexity index is 490. The van der Waals surface area contributed by atoms with Crippen LogP contribution in [0.5, 0.6) is 0 Å². The van der Waals surface area contributed by atoms with E-state index in [1.54, 1.807) is 0 Å². The molecule has 15 heavy (non-hydrogen) atoms. The molecule has 0 aliphatic rings. The first-order valence-electron chi connectivity index (χ1n) is 3.84. The van der Waals surface area contributed by atoms with Gasteiger partial charge in [-0.2, -0.15) is 0 Å². The van der Waals surface area contributed by atoms with Crippen molar-refractivity contribution < 1.29 is 13.3 Å². The number of hydrogen-bond donors (Lipinski definition) is 1. The van der Waals surface area contributed by atoms with Crippen LogP contribution in [0.15, 0.2) is 29.7 Å². The van der Waals surface area contributed by atoms with Crippen LogP contribution in [0, 0.1) is 10.1 Å². The topological polar surface area (TPSA) is 103 Å². The minimum atomic E-state index is -3.66. The lowest BCUT2D eigenvalue weighted by atomic mass is 10.2. The van der Waals surface area contributed by atoms with Crippen LogP contribution < -0.4 is 5.14 Å². The quantitative estimate of drug-likeness (QED) is 0.611. The highest BCUT2D eigenvalue weighted by molar-refractivity contribution is 7.92. The van der Waals surface area contributed by atoms with Gasteiger partial charge in [0.15, 0.2) is 0 Å². The normalized spacial score (nSPS) is 11.8. The van der Waals surface area contributed by atoms with Crippen molar-refractivity contribution >= 4 is 21.8 Å². The summed E-state index contributed by atoms with van der Waals surface area (Å²) in [6.45, 7) is 0. The monoisotopic (exact) mass is 228 g/mol. The Labute approximate surface area is 86.2 Å². The first kappa shape index (κ1) is 11.3. The lowest BCUT2D eigenvalue weighted by molar-refractivity contribution is -0.384. The first-order chi connectivity index (χ1) is 6.88. The molecule has 0 saturated carbocycles. The summed E-state index contributed by atoms with van der Waals surface area (Å²) < 4.78 is 21.1. The van der Waals surface area contributed by atoms with E-state index in [1.165, 1.54) is 30.3 Å². The van der Waals surface area contributed by atoms with Gasteiger partial charge in [-0.1, -0.05) is 0 Å². The van der Waals surface area contributed by atoms with Crippen molar-refractivity contribution in [1.29, 1.82) is 0 Å². The second-order valence-corrected chi connectivity index (χ2v) is 4.19. The molecule has 1 aromatic carbocycles. The molecule has 2 N–H and O–H groups in total. The number of nitro benzene ring substituents is 1. The number of nitrogens with zero attached hydrogens (tertiary/aromatic N) is 1. The number of primary sulfonamides is 1. The van der Waals surface area contributed by atoms with Crippen molar-refractivity contribution in [3.8, 4) is 0 Å². The zero-order valence-electron chi connectivity index (χ0n) is 7.53. The van der Waals surface area contributed by atoms with Crippen LogP contribution in [0.25, 0.3) is 6.08 Å². The van der Waals surface area contributed by atoms with Crippen molar-refractivity contribution in [2.75, 3.05) is 0 Å². The molecule has 0 atom stereocenters. The molecule has 0 fully saturated rings. The summed E-state index contributed by atoms with van der Waals surface area (Å²) in [4.78, 5) is 9.77. The second kappa shape index (κ2) is 4.20. The predicted molar refractivity (Wildman–Crippen MR) is 55.2 cm³/mol. The van der Waals surface area contributed by atoms with Gasteiger partial charge in [0.05, 0.1) is 4.92 Å². The lowest BCUT2D eigenvalue weighted by Gasteiger charge is -1.93. The van der Waals surface area contributed by atoms with Gasteiger partial charge >= 0.3 is 0 Å². The molecule has 80 valence electrons. The van der Waals surface area contributed by atoms with Gasteiger partial charge in [0.25, 0.3) is 5.69 Å². The molecule has 0 amide bonds. The van der Waals surface area contributed by atoms with Crippen LogP contribution in [-0.4, -0.2) is 13.3 Å². The van der Waals surface area contributed by atoms with E-state index in [9.17, 15) is 18.5 Å². The van der Waals surface area contributed by atoms with E-state index in [-0.39, 0.29) is 5.69 Å². The molecular weight excluding hydrogens is 220 g/mol. The van der Waals surface area contributed by atoms with E-state index < -0.39 is 14.9 Å². The molecule has 1 rings (SSSR count). The number of nitrogens with two attached hydrogens (primary N) is 1. The summed E-state index contributed by atoms with van der Waals surface area (Å²) in [7, 11) is -3.66. The van der Waals surface area contributed by atoms with Gasteiger partial charge in [0, 0.05) is 17.5 Å². The third kappa shape index (κ3) is 3.88. The first-order valence-corrected chi connectivity index (χ1v) is 5.45. The maximum atomic E-state index is 10.6. The number of hydrogen-bond acceptors (Lipinski definition) is 4. The van der Waals surface area contributed by atoms with E-state index in [0.717, 1.165) is 5.41 Å². The number of sulfonamides is 1. The molecule has 0 aromatic heterocycles. The Balaban J connectivity index is 2.91. The fourth-order valence-corrected chi connectivity index (χ4v) is 1.23. The van der Waals surface area contributed by atoms with Crippen molar-refractivity contribution in [3.05, 3.63) is 45.4 Å². The fourth-order valence-electron chi connectivity index (χ4n) is 0.881. The molecule has 0 aliphatic carbocycles. The zero-order chi connectivity index (χ0) is 11.5. The summed E-state index contributed by atoms with van der Waals surface area (Å²) in [5.74, 6) is 0. The second-order valence-electron chi connectivity index (χ2n) is 2.74. The van der Waals surface area contributed by atoms with Crippen LogP contribution >= 0.6 is 0 Å². The number of non-ortho nitro benzene ring substituents is 1. The Morgan fingerprint density at radius 3 is 2.20 bits per heavy atom. The smallest absolute Gasteiger partial charge is 0.258 e. The van der Waals surface area contributed by atoms with E-state index in [2.05, 4.69) is 0 Å². The van der Waals surface area contributed by atoms with Gasteiger partial charge in [-0.15, -0.1) is 0 Å². The summed E-state index contributed by atoms with van der Waals surface area (Å²) >= 11 is 0. The third-order valence-electron chi connectivity index (χ3n) is 1.55. The van der Waals surface area contributed by atoms with Gasteiger partial charge in [0.2, 0.25) is 10.0 Å². The van der Waals surface area contributed by atoms with E-state index in [1.807, 2.05) is 0 Å². The summed E-state index contributed by atoms with van der Waals surface area (Å²) in [6, 6.07) is 5.42. The number of benzene rings is 1. The van der Waals surface area contributed by atoms with Crippen LogP contribution in [0.3, 0.4) is 0 Å². The highest BCUT2D eigenvalue weighted by Gasteiger charge is 2.02. The highest BCUT2D eigenvalue weighted by Crippen LogP contribution is 2.12. The minimum Gasteiger partial charge on any atom is -0.258 e. The van der Waals surface area contributed by atoms with Crippen molar-refractivity contribution in [1.82, 2.24) is 0 Å².